The number of hydrogen-bond donors (Lipinski definition) is 0. The Morgan fingerprint density at radius 3 is 2.93 bits per heavy atom. The van der Waals surface area contributed by atoms with Crippen molar-refractivity contribution >= 4 is 17.4 Å². The van der Waals surface area contributed by atoms with E-state index in [9.17, 15) is 0 Å². The Hall–Kier alpha value is -1.18. The summed E-state index contributed by atoms with van der Waals surface area (Å²) in [6.07, 6.45) is 0.872. The van der Waals surface area contributed by atoms with Gasteiger partial charge in [-0.15, -0.1) is 0 Å². The van der Waals surface area contributed by atoms with Gasteiger partial charge in [0.2, 0.25) is 0 Å². The van der Waals surface area contributed by atoms with Gasteiger partial charge in [-0.3, -0.25) is 0 Å². The summed E-state index contributed by atoms with van der Waals surface area (Å²) in [6.45, 7) is 5.46. The van der Waals surface area contributed by atoms with Crippen LogP contribution in [0.2, 0.25) is 0 Å². The zero-order valence-corrected chi connectivity index (χ0v) is 9.93. The molecule has 0 bridgehead atoms. The van der Waals surface area contributed by atoms with E-state index in [0.29, 0.717) is 13.2 Å². The summed E-state index contributed by atoms with van der Waals surface area (Å²) in [5, 5.41) is 2.34. The minimum absolute atomic E-state index is 0.671. The number of ether oxygens (including phenoxy) is 1. The average Bonchev–Trinajstić information content (AvgIpc) is 2.23. The maximum absolute atomic E-state index is 5.64. The maximum atomic E-state index is 5.64. The van der Waals surface area contributed by atoms with Crippen LogP contribution in [0, 0.1) is 13.8 Å². The molecule has 15 heavy (non-hydrogen) atoms. The van der Waals surface area contributed by atoms with Gasteiger partial charge in [0.15, 0.2) is 0 Å². The minimum atomic E-state index is 0.671. The largest absolute Gasteiger partial charge is 0.493 e. The molecular weight excluding hydrogens is 206 g/mol. The van der Waals surface area contributed by atoms with E-state index < -0.39 is 0 Å². The SMILES string of the molecule is Cc1ccc(C)c(OCCCN=C=S)c1. The number of hydrogen-bond acceptors (Lipinski definition) is 3. The molecule has 1 rings (SSSR count). The van der Waals surface area contributed by atoms with E-state index in [1.165, 1.54) is 11.1 Å². The molecular formula is C12H15NOS. The number of aliphatic imine (C=N–C) groups is 1. The van der Waals surface area contributed by atoms with Crippen LogP contribution < -0.4 is 4.74 Å². The van der Waals surface area contributed by atoms with Gasteiger partial charge in [-0.05, 0) is 43.3 Å². The van der Waals surface area contributed by atoms with Crippen molar-refractivity contribution in [3.05, 3.63) is 29.3 Å². The molecule has 0 amide bonds. The lowest BCUT2D eigenvalue weighted by molar-refractivity contribution is 0.311. The summed E-state index contributed by atoms with van der Waals surface area (Å²) >= 11 is 4.48. The summed E-state index contributed by atoms with van der Waals surface area (Å²) < 4.78 is 5.64. The fourth-order valence-electron chi connectivity index (χ4n) is 1.23. The van der Waals surface area contributed by atoms with Crippen LogP contribution in [0.1, 0.15) is 17.5 Å². The summed E-state index contributed by atoms with van der Waals surface area (Å²) in [7, 11) is 0. The van der Waals surface area contributed by atoms with E-state index in [1.54, 1.807) is 0 Å². The van der Waals surface area contributed by atoms with Crippen LogP contribution in [0.3, 0.4) is 0 Å². The topological polar surface area (TPSA) is 21.6 Å². The number of nitrogens with zero attached hydrogens (tertiary/aromatic N) is 1. The van der Waals surface area contributed by atoms with Gasteiger partial charge in [-0.2, -0.15) is 0 Å². The standard InChI is InChI=1S/C12H15NOS/c1-10-4-5-11(2)12(8-10)14-7-3-6-13-9-15/h4-5,8H,3,6-7H2,1-2H3. The molecule has 0 saturated heterocycles. The predicted molar refractivity (Wildman–Crippen MR) is 65.9 cm³/mol. The lowest BCUT2D eigenvalue weighted by Gasteiger charge is -2.08. The minimum Gasteiger partial charge on any atom is -0.493 e. The number of aryl methyl sites for hydroxylation is 2. The zero-order valence-electron chi connectivity index (χ0n) is 9.12. The quantitative estimate of drug-likeness (QED) is 0.433. The monoisotopic (exact) mass is 221 g/mol. The average molecular weight is 221 g/mol. The summed E-state index contributed by atoms with van der Waals surface area (Å²) in [4.78, 5) is 3.83. The fraction of sp³-hybridized carbons (Fsp3) is 0.417. The van der Waals surface area contributed by atoms with Crippen LogP contribution in [0.15, 0.2) is 23.2 Å². The second kappa shape index (κ2) is 6.33. The second-order valence-electron chi connectivity index (χ2n) is 3.44. The van der Waals surface area contributed by atoms with Crippen LogP contribution >= 0.6 is 12.2 Å². The molecule has 0 atom stereocenters. The third-order valence-electron chi connectivity index (χ3n) is 2.08. The molecule has 0 radical (unpaired) electrons. The zero-order chi connectivity index (χ0) is 11.1. The third-order valence-corrected chi connectivity index (χ3v) is 2.21. The maximum Gasteiger partial charge on any atom is 0.122 e. The van der Waals surface area contributed by atoms with Gasteiger partial charge in [0, 0.05) is 6.42 Å². The molecule has 0 fully saturated rings. The second-order valence-corrected chi connectivity index (χ2v) is 3.63. The predicted octanol–water partition coefficient (Wildman–Crippen LogP) is 3.18. The highest BCUT2D eigenvalue weighted by Gasteiger charge is 1.98. The Balaban J connectivity index is 2.43. The van der Waals surface area contributed by atoms with Gasteiger partial charge in [0.05, 0.1) is 18.3 Å². The third kappa shape index (κ3) is 4.24. The van der Waals surface area contributed by atoms with Crippen LogP contribution in [0.25, 0.3) is 0 Å². The Morgan fingerprint density at radius 2 is 2.20 bits per heavy atom. The molecule has 0 unspecified atom stereocenters. The summed E-state index contributed by atoms with van der Waals surface area (Å²) in [6, 6.07) is 6.20. The molecule has 80 valence electrons. The summed E-state index contributed by atoms with van der Waals surface area (Å²) in [5.41, 5.74) is 2.38. The van der Waals surface area contributed by atoms with Gasteiger partial charge in [-0.1, -0.05) is 12.1 Å². The molecule has 0 aromatic heterocycles. The first-order valence-corrected chi connectivity index (χ1v) is 5.38. The van der Waals surface area contributed by atoms with Gasteiger partial charge >= 0.3 is 0 Å². The van der Waals surface area contributed by atoms with Crippen molar-refractivity contribution in [3.63, 3.8) is 0 Å². The van der Waals surface area contributed by atoms with Crippen LogP contribution in [0.5, 0.6) is 5.75 Å². The van der Waals surface area contributed by atoms with E-state index in [2.05, 4.69) is 47.5 Å². The smallest absolute Gasteiger partial charge is 0.122 e. The Kier molecular flexibility index (Phi) is 5.02. The first-order chi connectivity index (χ1) is 7.24. The van der Waals surface area contributed by atoms with E-state index in [4.69, 9.17) is 4.74 Å². The van der Waals surface area contributed by atoms with Crippen LogP contribution in [0.4, 0.5) is 0 Å². The highest BCUT2D eigenvalue weighted by molar-refractivity contribution is 7.78. The van der Waals surface area contributed by atoms with Crippen molar-refractivity contribution in [2.24, 2.45) is 4.99 Å². The van der Waals surface area contributed by atoms with E-state index in [-0.39, 0.29) is 0 Å². The molecule has 3 heteroatoms. The summed E-state index contributed by atoms with van der Waals surface area (Å²) in [5.74, 6) is 0.960. The number of benzene rings is 1. The van der Waals surface area contributed by atoms with Crippen molar-refractivity contribution in [1.29, 1.82) is 0 Å². The molecule has 0 aliphatic carbocycles. The van der Waals surface area contributed by atoms with Crippen molar-refractivity contribution in [1.82, 2.24) is 0 Å². The van der Waals surface area contributed by atoms with Crippen LogP contribution in [-0.4, -0.2) is 18.3 Å². The molecule has 0 aliphatic heterocycles. The molecule has 0 spiro atoms. The van der Waals surface area contributed by atoms with E-state index in [1.807, 2.05) is 6.92 Å². The molecule has 0 aliphatic rings. The highest BCUT2D eigenvalue weighted by atomic mass is 32.1. The fourth-order valence-corrected chi connectivity index (χ4v) is 1.33. The number of thiocarbonyl (C=S) groups is 1. The van der Waals surface area contributed by atoms with E-state index >= 15 is 0 Å². The number of isothiocyanates is 1. The molecule has 2 nitrogen and oxygen atoms in total. The van der Waals surface area contributed by atoms with Crippen molar-refractivity contribution < 1.29 is 4.74 Å². The molecule has 0 N–H and O–H groups in total. The lowest BCUT2D eigenvalue weighted by Crippen LogP contribution is -2.00. The van der Waals surface area contributed by atoms with Gasteiger partial charge in [-0.25, -0.2) is 4.99 Å². The first kappa shape index (κ1) is 11.9. The van der Waals surface area contributed by atoms with Gasteiger partial charge in [0.25, 0.3) is 0 Å². The molecule has 1 aromatic rings. The molecule has 0 saturated carbocycles. The van der Waals surface area contributed by atoms with Gasteiger partial charge < -0.3 is 4.74 Å². The van der Waals surface area contributed by atoms with Gasteiger partial charge in [0.1, 0.15) is 5.75 Å². The number of rotatable bonds is 5. The Labute approximate surface area is 96.0 Å². The normalized spacial score (nSPS) is 9.47. The lowest BCUT2D eigenvalue weighted by atomic mass is 10.1. The first-order valence-electron chi connectivity index (χ1n) is 4.97. The van der Waals surface area contributed by atoms with Crippen molar-refractivity contribution in [3.8, 4) is 5.75 Å². The highest BCUT2D eigenvalue weighted by Crippen LogP contribution is 2.18. The molecule has 0 heterocycles. The van der Waals surface area contributed by atoms with Crippen molar-refractivity contribution in [2.45, 2.75) is 20.3 Å². The van der Waals surface area contributed by atoms with Crippen molar-refractivity contribution in [2.75, 3.05) is 13.2 Å². The Morgan fingerprint density at radius 1 is 1.40 bits per heavy atom. The van der Waals surface area contributed by atoms with E-state index in [0.717, 1.165) is 12.2 Å². The molecule has 1 aromatic carbocycles. The Bertz CT molecular complexity index is 370. The van der Waals surface area contributed by atoms with Crippen LogP contribution in [-0.2, 0) is 0 Å².